The molecular weight excluding hydrogens is 502 g/mol. The number of alkyl carbamates (subject to hydrolysis) is 1. The fourth-order valence-electron chi connectivity index (χ4n) is 3.04. The molecule has 1 amide bonds. The van der Waals surface area contributed by atoms with Crippen LogP contribution in [0, 0.1) is 0 Å². The van der Waals surface area contributed by atoms with Crippen molar-refractivity contribution in [3.05, 3.63) is 0 Å². The van der Waals surface area contributed by atoms with Gasteiger partial charge in [0.25, 0.3) is 0 Å². The molecule has 1 aliphatic rings. The molecule has 0 aromatic heterocycles. The summed E-state index contributed by atoms with van der Waals surface area (Å²) in [5, 5.41) is 2.63. The van der Waals surface area contributed by atoms with Gasteiger partial charge in [-0.1, -0.05) is 0 Å². The van der Waals surface area contributed by atoms with Crippen molar-refractivity contribution in [2.24, 2.45) is 0 Å². The molecule has 1 unspecified atom stereocenters. The summed E-state index contributed by atoms with van der Waals surface area (Å²) in [4.78, 5) is 11.5. The van der Waals surface area contributed by atoms with Gasteiger partial charge in [0.05, 0.1) is 99.1 Å². The normalized spacial score (nSPS) is 16.0. The van der Waals surface area contributed by atoms with E-state index in [1.54, 1.807) is 0 Å². The standard InChI is InChI=1S/C26H51NO11/c1-26(2,3)38-25(28)27-7-9-29-10-11-30-12-13-31-14-15-32-16-17-33-18-19-34-20-21-35-22-23-37-24-6-4-5-8-36-24/h24H,4-23H2,1-3H3,(H,27,28). The molecule has 1 aliphatic heterocycles. The van der Waals surface area contributed by atoms with Gasteiger partial charge in [-0.25, -0.2) is 4.79 Å². The molecule has 1 fully saturated rings. The van der Waals surface area contributed by atoms with Gasteiger partial charge in [-0.3, -0.25) is 0 Å². The quantitative estimate of drug-likeness (QED) is 0.167. The van der Waals surface area contributed by atoms with Crippen LogP contribution in [0.4, 0.5) is 4.79 Å². The Morgan fingerprint density at radius 3 is 1.47 bits per heavy atom. The highest BCUT2D eigenvalue weighted by molar-refractivity contribution is 5.67. The number of rotatable bonds is 25. The molecule has 0 radical (unpaired) electrons. The molecule has 226 valence electrons. The van der Waals surface area contributed by atoms with Crippen molar-refractivity contribution >= 4 is 6.09 Å². The van der Waals surface area contributed by atoms with Crippen molar-refractivity contribution in [2.75, 3.05) is 112 Å². The van der Waals surface area contributed by atoms with Gasteiger partial charge in [-0.05, 0) is 40.0 Å². The van der Waals surface area contributed by atoms with E-state index in [0.717, 1.165) is 25.9 Å². The lowest BCUT2D eigenvalue weighted by Gasteiger charge is -2.22. The molecule has 0 saturated carbocycles. The first kappa shape index (κ1) is 34.9. The monoisotopic (exact) mass is 553 g/mol. The van der Waals surface area contributed by atoms with E-state index < -0.39 is 11.7 Å². The fraction of sp³-hybridized carbons (Fsp3) is 0.962. The maximum atomic E-state index is 11.5. The van der Waals surface area contributed by atoms with Crippen LogP contribution in [-0.2, 0) is 47.4 Å². The summed E-state index contributed by atoms with van der Waals surface area (Å²) < 4.78 is 54.3. The first-order valence-electron chi connectivity index (χ1n) is 13.7. The highest BCUT2D eigenvalue weighted by Gasteiger charge is 2.15. The molecule has 12 heteroatoms. The lowest BCUT2D eigenvalue weighted by atomic mass is 10.2. The van der Waals surface area contributed by atoms with Crippen LogP contribution in [0.25, 0.3) is 0 Å². The van der Waals surface area contributed by atoms with Crippen LogP contribution < -0.4 is 5.32 Å². The molecule has 1 saturated heterocycles. The van der Waals surface area contributed by atoms with Crippen LogP contribution in [0.5, 0.6) is 0 Å². The maximum Gasteiger partial charge on any atom is 0.407 e. The Kier molecular flexibility index (Phi) is 22.9. The van der Waals surface area contributed by atoms with Crippen molar-refractivity contribution < 1.29 is 52.2 Å². The zero-order chi connectivity index (χ0) is 27.6. The number of ether oxygens (including phenoxy) is 10. The second kappa shape index (κ2) is 24.9. The van der Waals surface area contributed by atoms with Gasteiger partial charge in [0.1, 0.15) is 5.60 Å². The summed E-state index contributed by atoms with van der Waals surface area (Å²) in [6.45, 7) is 14.1. The molecule has 0 bridgehead atoms. The molecule has 1 N–H and O–H groups in total. The van der Waals surface area contributed by atoms with Gasteiger partial charge >= 0.3 is 6.09 Å². The van der Waals surface area contributed by atoms with Crippen molar-refractivity contribution in [1.82, 2.24) is 5.32 Å². The molecule has 1 heterocycles. The van der Waals surface area contributed by atoms with Gasteiger partial charge in [0, 0.05) is 13.2 Å². The lowest BCUT2D eigenvalue weighted by Crippen LogP contribution is -2.34. The summed E-state index contributed by atoms with van der Waals surface area (Å²) in [7, 11) is 0. The molecule has 0 aromatic rings. The van der Waals surface area contributed by atoms with Crippen molar-refractivity contribution in [1.29, 1.82) is 0 Å². The van der Waals surface area contributed by atoms with E-state index in [2.05, 4.69) is 5.32 Å². The molecule has 12 nitrogen and oxygen atoms in total. The third-order valence-electron chi connectivity index (χ3n) is 4.82. The van der Waals surface area contributed by atoms with Gasteiger partial charge in [-0.2, -0.15) is 0 Å². The second-order valence-electron chi connectivity index (χ2n) is 9.38. The minimum absolute atomic E-state index is 0.0664. The Hall–Kier alpha value is -1.09. The van der Waals surface area contributed by atoms with Crippen LogP contribution >= 0.6 is 0 Å². The van der Waals surface area contributed by atoms with Crippen LogP contribution in [0.1, 0.15) is 40.0 Å². The van der Waals surface area contributed by atoms with E-state index in [0.29, 0.717) is 106 Å². The van der Waals surface area contributed by atoms with Crippen molar-refractivity contribution in [2.45, 2.75) is 51.9 Å². The molecule has 1 atom stereocenters. The van der Waals surface area contributed by atoms with E-state index in [1.807, 2.05) is 20.8 Å². The van der Waals surface area contributed by atoms with E-state index >= 15 is 0 Å². The van der Waals surface area contributed by atoms with Crippen LogP contribution in [0.2, 0.25) is 0 Å². The third kappa shape index (κ3) is 25.2. The molecule has 1 rings (SSSR count). The summed E-state index contributed by atoms with van der Waals surface area (Å²) in [6.07, 6.45) is 2.74. The fourth-order valence-corrected chi connectivity index (χ4v) is 3.04. The van der Waals surface area contributed by atoms with E-state index in [1.165, 1.54) is 0 Å². The number of carbonyl (C=O) groups excluding carboxylic acids is 1. The summed E-state index contributed by atoms with van der Waals surface area (Å²) in [6, 6.07) is 0. The third-order valence-corrected chi connectivity index (χ3v) is 4.82. The smallest absolute Gasteiger partial charge is 0.407 e. The van der Waals surface area contributed by atoms with Gasteiger partial charge < -0.3 is 52.7 Å². The molecule has 38 heavy (non-hydrogen) atoms. The van der Waals surface area contributed by atoms with Crippen molar-refractivity contribution in [3.8, 4) is 0 Å². The number of hydrogen-bond donors (Lipinski definition) is 1. The van der Waals surface area contributed by atoms with E-state index in [9.17, 15) is 4.79 Å². The number of hydrogen-bond acceptors (Lipinski definition) is 11. The molecular formula is C26H51NO11. The van der Waals surface area contributed by atoms with Crippen LogP contribution in [0.15, 0.2) is 0 Å². The Bertz CT molecular complexity index is 528. The van der Waals surface area contributed by atoms with E-state index in [4.69, 9.17) is 47.4 Å². The Morgan fingerprint density at radius 2 is 1.08 bits per heavy atom. The SMILES string of the molecule is CC(C)(C)OC(=O)NCCOCCOCCOCCOCCOCCOCCOCCOC1CCCCO1. The molecule has 0 aliphatic carbocycles. The topological polar surface area (TPSA) is 121 Å². The number of amides is 1. The predicted octanol–water partition coefficient (Wildman–Crippen LogP) is 2.17. The first-order chi connectivity index (χ1) is 18.5. The summed E-state index contributed by atoms with van der Waals surface area (Å²) in [5.41, 5.74) is -0.505. The average Bonchev–Trinajstić information content (AvgIpc) is 2.88. The minimum Gasteiger partial charge on any atom is -0.444 e. The van der Waals surface area contributed by atoms with Gasteiger partial charge in [0.2, 0.25) is 0 Å². The average molecular weight is 554 g/mol. The van der Waals surface area contributed by atoms with Crippen LogP contribution in [0.3, 0.4) is 0 Å². The van der Waals surface area contributed by atoms with Gasteiger partial charge in [-0.15, -0.1) is 0 Å². The molecule has 0 aromatic carbocycles. The first-order valence-corrected chi connectivity index (χ1v) is 13.7. The van der Waals surface area contributed by atoms with Gasteiger partial charge in [0.15, 0.2) is 6.29 Å². The lowest BCUT2D eigenvalue weighted by molar-refractivity contribution is -0.169. The van der Waals surface area contributed by atoms with Crippen molar-refractivity contribution in [3.63, 3.8) is 0 Å². The second-order valence-corrected chi connectivity index (χ2v) is 9.38. The highest BCUT2D eigenvalue weighted by Crippen LogP contribution is 2.13. The number of nitrogens with one attached hydrogen (secondary N) is 1. The molecule has 0 spiro atoms. The minimum atomic E-state index is -0.505. The zero-order valence-electron chi connectivity index (χ0n) is 23.7. The van der Waals surface area contributed by atoms with Crippen LogP contribution in [-0.4, -0.2) is 130 Å². The summed E-state index contributed by atoms with van der Waals surface area (Å²) >= 11 is 0. The highest BCUT2D eigenvalue weighted by atomic mass is 16.7. The Labute approximate surface area is 228 Å². The number of carbonyl (C=O) groups is 1. The predicted molar refractivity (Wildman–Crippen MR) is 140 cm³/mol. The van der Waals surface area contributed by atoms with E-state index in [-0.39, 0.29) is 6.29 Å². The maximum absolute atomic E-state index is 11.5. The summed E-state index contributed by atoms with van der Waals surface area (Å²) in [5.74, 6) is 0. The Balaban J connectivity index is 1.65. The Morgan fingerprint density at radius 1 is 0.658 bits per heavy atom. The largest absolute Gasteiger partial charge is 0.444 e. The zero-order valence-corrected chi connectivity index (χ0v) is 23.7.